The summed E-state index contributed by atoms with van der Waals surface area (Å²) >= 11 is 0. The van der Waals surface area contributed by atoms with Crippen LogP contribution in [0, 0.1) is 17.8 Å². The van der Waals surface area contributed by atoms with Crippen LogP contribution in [-0.2, 0) is 10.2 Å². The highest BCUT2D eigenvalue weighted by Gasteiger charge is 2.94. The average molecular weight is 443 g/mol. The van der Waals surface area contributed by atoms with E-state index in [0.29, 0.717) is 29.6 Å². The number of hydrogen-bond acceptors (Lipinski definition) is 6. The van der Waals surface area contributed by atoms with E-state index in [1.807, 2.05) is 0 Å². The van der Waals surface area contributed by atoms with Crippen LogP contribution in [0.15, 0.2) is 18.3 Å². The fourth-order valence-electron chi connectivity index (χ4n) is 7.45. The molecule has 2 aromatic heterocycles. The maximum absolute atomic E-state index is 12.8. The van der Waals surface area contributed by atoms with Crippen LogP contribution in [-0.4, -0.2) is 57.6 Å². The minimum atomic E-state index is -2.95. The van der Waals surface area contributed by atoms with Crippen LogP contribution < -0.4 is 10.5 Å². The van der Waals surface area contributed by atoms with Gasteiger partial charge in [-0.1, -0.05) is 0 Å². The molecule has 2 aliphatic heterocycles. The van der Waals surface area contributed by atoms with E-state index in [1.165, 1.54) is 24.6 Å². The lowest BCUT2D eigenvalue weighted by molar-refractivity contribution is -0.147. The molecular weight excluding hydrogens is 416 g/mol. The summed E-state index contributed by atoms with van der Waals surface area (Å²) in [5, 5.41) is 4.88. The zero-order valence-corrected chi connectivity index (χ0v) is 18.1. The molecule has 2 saturated heterocycles. The van der Waals surface area contributed by atoms with Crippen molar-refractivity contribution in [2.75, 3.05) is 18.9 Å². The standard InChI is InChI=1S/C23H27F2N5O2/c1-10(2)30-18(6-15(28-30)11-3-17(32-22(24)25)21(26)27-7-11)23-14-5-16(20(23)19(14)23)29-12-4-13(29)9-31-8-12/h3,6-7,10,12-14,16,19-20,22H,4-5,8-9H2,1-2H3,(H2,26,27)/t12?,13?,14-,16-,19-,20?,23-/m1/s1. The summed E-state index contributed by atoms with van der Waals surface area (Å²) in [5.74, 6) is 2.05. The van der Waals surface area contributed by atoms with Gasteiger partial charge < -0.3 is 15.2 Å². The fraction of sp³-hybridized carbons (Fsp3) is 0.652. The Kier molecular flexibility index (Phi) is 3.72. The predicted molar refractivity (Wildman–Crippen MR) is 112 cm³/mol. The number of pyridine rings is 1. The van der Waals surface area contributed by atoms with Gasteiger partial charge in [0.15, 0.2) is 11.6 Å². The number of rotatable bonds is 6. The number of nitrogens with two attached hydrogens (primary N) is 1. The Labute approximate surface area is 184 Å². The molecule has 4 saturated carbocycles. The molecule has 4 aliphatic carbocycles. The largest absolute Gasteiger partial charge is 0.431 e. The van der Waals surface area contributed by atoms with Gasteiger partial charge in [0.25, 0.3) is 0 Å². The Balaban J connectivity index is 1.21. The second-order valence-corrected chi connectivity index (χ2v) is 10.4. The maximum atomic E-state index is 12.8. The Bertz CT molecular complexity index is 1090. The van der Waals surface area contributed by atoms with Gasteiger partial charge in [-0.05, 0) is 56.6 Å². The molecular formula is C23H27F2N5O2. The SMILES string of the molecule is CC(C)n1nc(-c2cnc(N)c(OC(F)F)c2)cc1[C@]12C3[C@H](N4C5COCC4C5)C[C@@H]1[C@H]32. The highest BCUT2D eigenvalue weighted by atomic mass is 19.3. The van der Waals surface area contributed by atoms with Gasteiger partial charge in [0.05, 0.1) is 18.9 Å². The molecule has 3 unspecified atom stereocenters. The first-order chi connectivity index (χ1) is 15.4. The molecule has 0 aromatic carbocycles. The highest BCUT2D eigenvalue weighted by Crippen LogP contribution is 2.91. The van der Waals surface area contributed by atoms with Crippen molar-refractivity contribution >= 4 is 5.82 Å². The first-order valence-corrected chi connectivity index (χ1v) is 11.6. The molecule has 0 amide bonds. The van der Waals surface area contributed by atoms with Crippen molar-refractivity contribution in [3.63, 3.8) is 0 Å². The van der Waals surface area contributed by atoms with Crippen molar-refractivity contribution in [3.05, 3.63) is 24.0 Å². The first-order valence-electron chi connectivity index (χ1n) is 11.6. The van der Waals surface area contributed by atoms with E-state index in [0.717, 1.165) is 30.7 Å². The van der Waals surface area contributed by atoms with Crippen molar-refractivity contribution in [1.29, 1.82) is 0 Å². The van der Waals surface area contributed by atoms with E-state index in [4.69, 9.17) is 15.6 Å². The Hall–Kier alpha value is -2.26. The first kappa shape index (κ1) is 19.2. The zero-order valence-electron chi connectivity index (χ0n) is 18.1. The number of fused-ring (bicyclic) bond motifs is 4. The van der Waals surface area contributed by atoms with Gasteiger partial charge in [0.1, 0.15) is 0 Å². The Morgan fingerprint density at radius 1 is 1.19 bits per heavy atom. The molecule has 0 radical (unpaired) electrons. The molecule has 4 heterocycles. The summed E-state index contributed by atoms with van der Waals surface area (Å²) < 4.78 is 37.9. The number of ether oxygens (including phenoxy) is 2. The third kappa shape index (κ3) is 2.31. The third-order valence-corrected chi connectivity index (χ3v) is 8.68. The normalized spacial score (nSPS) is 38.7. The fourth-order valence-corrected chi connectivity index (χ4v) is 7.45. The van der Waals surface area contributed by atoms with E-state index in [9.17, 15) is 8.78 Å². The van der Waals surface area contributed by atoms with Crippen LogP contribution in [0.3, 0.4) is 0 Å². The number of aromatic nitrogens is 3. The van der Waals surface area contributed by atoms with Crippen molar-refractivity contribution in [2.24, 2.45) is 17.8 Å². The van der Waals surface area contributed by atoms with Gasteiger partial charge in [-0.15, -0.1) is 0 Å². The van der Waals surface area contributed by atoms with E-state index in [2.05, 4.69) is 39.2 Å². The van der Waals surface area contributed by atoms with Gasteiger partial charge >= 0.3 is 6.61 Å². The van der Waals surface area contributed by atoms with Gasteiger partial charge in [-0.25, -0.2) is 4.98 Å². The second kappa shape index (κ2) is 6.20. The van der Waals surface area contributed by atoms with E-state index < -0.39 is 6.61 Å². The van der Waals surface area contributed by atoms with Crippen molar-refractivity contribution < 1.29 is 18.3 Å². The summed E-state index contributed by atoms with van der Waals surface area (Å²) in [6.45, 7) is 3.08. The molecule has 6 aliphatic rings. The number of nitrogen functional groups attached to an aromatic ring is 1. The number of nitrogens with zero attached hydrogens (tertiary/aromatic N) is 4. The molecule has 2 N–H and O–H groups in total. The molecule has 32 heavy (non-hydrogen) atoms. The molecule has 6 fully saturated rings. The number of morpholine rings is 1. The molecule has 7 nitrogen and oxygen atoms in total. The van der Waals surface area contributed by atoms with Crippen molar-refractivity contribution in [1.82, 2.24) is 19.7 Å². The lowest BCUT2D eigenvalue weighted by atomic mass is 9.87. The van der Waals surface area contributed by atoms with Crippen LogP contribution >= 0.6 is 0 Å². The monoisotopic (exact) mass is 443 g/mol. The molecule has 7 atom stereocenters. The van der Waals surface area contributed by atoms with Gasteiger partial charge in [-0.2, -0.15) is 13.9 Å². The molecule has 8 rings (SSSR count). The van der Waals surface area contributed by atoms with E-state index >= 15 is 0 Å². The topological polar surface area (TPSA) is 78.4 Å². The van der Waals surface area contributed by atoms with Gasteiger partial charge in [0.2, 0.25) is 0 Å². The molecule has 4 bridgehead atoms. The summed E-state index contributed by atoms with van der Waals surface area (Å²) in [6.07, 6.45) is 4.14. The number of anilines is 1. The minimum Gasteiger partial charge on any atom is -0.431 e. The van der Waals surface area contributed by atoms with Crippen LogP contribution in [0.5, 0.6) is 5.75 Å². The van der Waals surface area contributed by atoms with Crippen LogP contribution in [0.1, 0.15) is 38.4 Å². The van der Waals surface area contributed by atoms with E-state index in [-0.39, 0.29) is 23.0 Å². The zero-order chi connectivity index (χ0) is 21.9. The summed E-state index contributed by atoms with van der Waals surface area (Å²) in [7, 11) is 0. The Morgan fingerprint density at radius 2 is 1.97 bits per heavy atom. The van der Waals surface area contributed by atoms with Crippen LogP contribution in [0.25, 0.3) is 11.3 Å². The van der Waals surface area contributed by atoms with Gasteiger partial charge in [0, 0.05) is 47.0 Å². The molecule has 9 heteroatoms. The summed E-state index contributed by atoms with van der Waals surface area (Å²) in [5.41, 5.74) is 8.63. The number of halogens is 2. The second-order valence-electron chi connectivity index (χ2n) is 10.4. The lowest BCUT2D eigenvalue weighted by Gasteiger charge is -2.55. The average Bonchev–Trinajstić information content (AvgIpc) is 3.32. The van der Waals surface area contributed by atoms with Crippen LogP contribution in [0.4, 0.5) is 14.6 Å². The predicted octanol–water partition coefficient (Wildman–Crippen LogP) is 3.07. The smallest absolute Gasteiger partial charge is 0.387 e. The summed E-state index contributed by atoms with van der Waals surface area (Å²) in [4.78, 5) is 6.82. The number of alkyl halides is 2. The maximum Gasteiger partial charge on any atom is 0.387 e. The molecule has 0 spiro atoms. The van der Waals surface area contributed by atoms with Gasteiger partial charge in [-0.3, -0.25) is 9.58 Å². The highest BCUT2D eigenvalue weighted by molar-refractivity contribution is 5.66. The van der Waals surface area contributed by atoms with Crippen molar-refractivity contribution in [3.8, 4) is 17.0 Å². The quantitative estimate of drug-likeness (QED) is 0.739. The molecule has 170 valence electrons. The summed E-state index contributed by atoms with van der Waals surface area (Å²) in [6, 6.07) is 5.75. The lowest BCUT2D eigenvalue weighted by Crippen LogP contribution is -2.66. The minimum absolute atomic E-state index is 0.0504. The number of hydrogen-bond donors (Lipinski definition) is 1. The third-order valence-electron chi connectivity index (χ3n) is 8.68. The molecule has 2 aromatic rings. The Morgan fingerprint density at radius 3 is 2.62 bits per heavy atom. The van der Waals surface area contributed by atoms with Crippen molar-refractivity contribution in [2.45, 2.75) is 62.9 Å². The van der Waals surface area contributed by atoms with E-state index in [1.54, 1.807) is 6.20 Å². The van der Waals surface area contributed by atoms with Crippen LogP contribution in [0.2, 0.25) is 0 Å².